The molecule has 4 heteroatoms. The van der Waals surface area contributed by atoms with E-state index in [0.29, 0.717) is 5.52 Å². The molecule has 2 N–H and O–H groups in total. The highest BCUT2D eigenvalue weighted by Gasteiger charge is 2.09. The number of nitrogens with one attached hydrogen (secondary N) is 2. The molecule has 4 nitrogen and oxygen atoms in total. The van der Waals surface area contributed by atoms with Crippen LogP contribution in [0.5, 0.6) is 5.75 Å². The molecule has 0 saturated heterocycles. The van der Waals surface area contributed by atoms with E-state index in [9.17, 15) is 4.79 Å². The molecule has 80 valence electrons. The number of fused-ring (bicyclic) bond motifs is 3. The maximum atomic E-state index is 11.6. The highest BCUT2D eigenvalue weighted by Crippen LogP contribution is 2.29. The van der Waals surface area contributed by atoms with Gasteiger partial charge < -0.3 is 14.7 Å². The first-order valence-electron chi connectivity index (χ1n) is 4.97. The molecule has 0 amide bonds. The molecular weight excluding hydrogens is 204 g/mol. The molecule has 16 heavy (non-hydrogen) atoms. The van der Waals surface area contributed by atoms with E-state index in [4.69, 9.17) is 4.74 Å². The number of aromatic amines is 2. The first-order valence-corrected chi connectivity index (χ1v) is 4.97. The third kappa shape index (κ3) is 1.07. The summed E-state index contributed by atoms with van der Waals surface area (Å²) in [6.07, 6.45) is 1.65. The number of para-hydroxylation sites is 1. The lowest BCUT2D eigenvalue weighted by Gasteiger charge is -1.99. The van der Waals surface area contributed by atoms with Crippen LogP contribution in [0.2, 0.25) is 0 Å². The van der Waals surface area contributed by atoms with Gasteiger partial charge in [-0.1, -0.05) is 12.1 Å². The minimum absolute atomic E-state index is 0.115. The summed E-state index contributed by atoms with van der Waals surface area (Å²) >= 11 is 0. The number of rotatable bonds is 1. The predicted octanol–water partition coefficient (Wildman–Crippen LogP) is 2.02. The molecule has 0 fully saturated rings. The van der Waals surface area contributed by atoms with Crippen molar-refractivity contribution >= 4 is 21.8 Å². The van der Waals surface area contributed by atoms with Gasteiger partial charge in [-0.05, 0) is 12.1 Å². The van der Waals surface area contributed by atoms with Gasteiger partial charge in [-0.25, -0.2) is 0 Å². The van der Waals surface area contributed by atoms with Crippen LogP contribution in [0.1, 0.15) is 0 Å². The minimum atomic E-state index is -0.115. The van der Waals surface area contributed by atoms with E-state index >= 15 is 0 Å². The van der Waals surface area contributed by atoms with Crippen LogP contribution in [0.15, 0.2) is 35.3 Å². The van der Waals surface area contributed by atoms with Gasteiger partial charge in [0.05, 0.1) is 12.6 Å². The predicted molar refractivity (Wildman–Crippen MR) is 63.0 cm³/mol. The molecule has 2 heterocycles. The van der Waals surface area contributed by atoms with E-state index in [1.54, 1.807) is 13.3 Å². The van der Waals surface area contributed by atoms with Crippen molar-refractivity contribution in [2.45, 2.75) is 0 Å². The number of methoxy groups -OCH3 is 1. The molecule has 0 aliphatic heterocycles. The van der Waals surface area contributed by atoms with Crippen LogP contribution in [0.3, 0.4) is 0 Å². The third-order valence-corrected chi connectivity index (χ3v) is 2.75. The smallest absolute Gasteiger partial charge is 0.272 e. The zero-order valence-electron chi connectivity index (χ0n) is 8.70. The first kappa shape index (κ1) is 9.03. The quantitative estimate of drug-likeness (QED) is 0.651. The van der Waals surface area contributed by atoms with Crippen LogP contribution in [-0.2, 0) is 0 Å². The van der Waals surface area contributed by atoms with Crippen LogP contribution >= 0.6 is 0 Å². The number of ether oxygens (including phenoxy) is 1. The molecule has 0 aliphatic rings. The van der Waals surface area contributed by atoms with Crippen LogP contribution < -0.4 is 10.3 Å². The molecule has 3 aromatic rings. The Labute approximate surface area is 90.9 Å². The molecule has 0 aliphatic carbocycles. The zero-order chi connectivity index (χ0) is 11.1. The summed E-state index contributed by atoms with van der Waals surface area (Å²) < 4.78 is 5.25. The van der Waals surface area contributed by atoms with E-state index in [1.165, 1.54) is 0 Å². The molecule has 1 aromatic carbocycles. The summed E-state index contributed by atoms with van der Waals surface area (Å²) in [5, 5.41) is 1.91. The summed E-state index contributed by atoms with van der Waals surface area (Å²) in [4.78, 5) is 17.4. The number of H-pyrrole nitrogens is 2. The van der Waals surface area contributed by atoms with Gasteiger partial charge in [-0.2, -0.15) is 0 Å². The number of hydrogen-bond acceptors (Lipinski definition) is 2. The Bertz CT molecular complexity index is 725. The van der Waals surface area contributed by atoms with E-state index in [-0.39, 0.29) is 5.56 Å². The Morgan fingerprint density at radius 1 is 1.12 bits per heavy atom. The van der Waals surface area contributed by atoms with Crippen molar-refractivity contribution in [3.8, 4) is 5.75 Å². The van der Waals surface area contributed by atoms with Crippen molar-refractivity contribution in [2.75, 3.05) is 7.11 Å². The monoisotopic (exact) mass is 214 g/mol. The van der Waals surface area contributed by atoms with E-state index in [0.717, 1.165) is 22.0 Å². The second-order valence-electron chi connectivity index (χ2n) is 3.60. The van der Waals surface area contributed by atoms with Gasteiger partial charge in [-0.3, -0.25) is 4.79 Å². The number of benzene rings is 1. The maximum Gasteiger partial charge on any atom is 0.272 e. The van der Waals surface area contributed by atoms with Gasteiger partial charge in [0, 0.05) is 17.0 Å². The third-order valence-electron chi connectivity index (χ3n) is 2.75. The summed E-state index contributed by atoms with van der Waals surface area (Å²) in [7, 11) is 1.62. The number of aromatic nitrogens is 2. The molecule has 2 aromatic heterocycles. The summed E-state index contributed by atoms with van der Waals surface area (Å²) in [6.45, 7) is 0. The largest absolute Gasteiger partial charge is 0.495 e. The number of hydrogen-bond donors (Lipinski definition) is 2. The van der Waals surface area contributed by atoms with Gasteiger partial charge >= 0.3 is 0 Å². The van der Waals surface area contributed by atoms with Gasteiger partial charge in [-0.15, -0.1) is 0 Å². The van der Waals surface area contributed by atoms with Gasteiger partial charge in [0.2, 0.25) is 0 Å². The van der Waals surface area contributed by atoms with Crippen LogP contribution in [0.4, 0.5) is 0 Å². The molecule has 0 atom stereocenters. The average molecular weight is 214 g/mol. The first-order chi connectivity index (χ1) is 7.81. The van der Waals surface area contributed by atoms with Crippen molar-refractivity contribution in [3.63, 3.8) is 0 Å². The van der Waals surface area contributed by atoms with Gasteiger partial charge in [0.25, 0.3) is 5.56 Å². The lowest BCUT2D eigenvalue weighted by molar-refractivity contribution is 0.419. The van der Waals surface area contributed by atoms with Gasteiger partial charge in [0.15, 0.2) is 0 Å². The topological polar surface area (TPSA) is 57.9 Å². The highest BCUT2D eigenvalue weighted by atomic mass is 16.5. The summed E-state index contributed by atoms with van der Waals surface area (Å²) in [5.41, 5.74) is 1.33. The molecule has 0 unspecified atom stereocenters. The van der Waals surface area contributed by atoms with Crippen LogP contribution in [-0.4, -0.2) is 17.1 Å². The van der Waals surface area contributed by atoms with E-state index in [2.05, 4.69) is 9.97 Å². The SMILES string of the molecule is COc1cccc2c1[nH]c1c(=O)[nH]ccc12. The normalized spacial score (nSPS) is 11.1. The van der Waals surface area contributed by atoms with Crippen LogP contribution in [0.25, 0.3) is 21.8 Å². The standard InChI is InChI=1S/C12H10N2O2/c1-16-9-4-2-3-7-8-5-6-13-12(15)11(8)14-10(7)9/h2-6,14H,1H3,(H,13,15). The molecule has 3 rings (SSSR count). The fraction of sp³-hybridized carbons (Fsp3) is 0.0833. The number of pyridine rings is 1. The Morgan fingerprint density at radius 3 is 2.75 bits per heavy atom. The minimum Gasteiger partial charge on any atom is -0.495 e. The molecule has 0 radical (unpaired) electrons. The van der Waals surface area contributed by atoms with E-state index in [1.807, 2.05) is 24.3 Å². The Kier molecular flexibility index (Phi) is 1.77. The Hall–Kier alpha value is -2.23. The average Bonchev–Trinajstić information content (AvgIpc) is 2.69. The van der Waals surface area contributed by atoms with Crippen molar-refractivity contribution in [2.24, 2.45) is 0 Å². The molecule has 0 spiro atoms. The van der Waals surface area contributed by atoms with E-state index < -0.39 is 0 Å². The molecule has 0 saturated carbocycles. The summed E-state index contributed by atoms with van der Waals surface area (Å²) in [5.74, 6) is 0.744. The lowest BCUT2D eigenvalue weighted by atomic mass is 10.2. The van der Waals surface area contributed by atoms with Crippen molar-refractivity contribution < 1.29 is 4.74 Å². The molecular formula is C12H10N2O2. The second-order valence-corrected chi connectivity index (χ2v) is 3.60. The fourth-order valence-corrected chi connectivity index (χ4v) is 2.01. The second kappa shape index (κ2) is 3.13. The zero-order valence-corrected chi connectivity index (χ0v) is 8.70. The maximum absolute atomic E-state index is 11.6. The summed E-state index contributed by atoms with van der Waals surface area (Å²) in [6, 6.07) is 7.63. The lowest BCUT2D eigenvalue weighted by Crippen LogP contribution is -2.03. The van der Waals surface area contributed by atoms with Crippen LogP contribution in [0, 0.1) is 0 Å². The fourth-order valence-electron chi connectivity index (χ4n) is 2.01. The highest BCUT2D eigenvalue weighted by molar-refractivity contribution is 6.08. The van der Waals surface area contributed by atoms with Gasteiger partial charge in [0.1, 0.15) is 11.3 Å². The Morgan fingerprint density at radius 2 is 1.94 bits per heavy atom. The van der Waals surface area contributed by atoms with Crippen molar-refractivity contribution in [3.05, 3.63) is 40.8 Å². The van der Waals surface area contributed by atoms with Crippen molar-refractivity contribution in [1.82, 2.24) is 9.97 Å². The molecule has 0 bridgehead atoms. The Balaban J connectivity index is 2.60. The van der Waals surface area contributed by atoms with Crippen molar-refractivity contribution in [1.29, 1.82) is 0 Å².